The van der Waals surface area contributed by atoms with Gasteiger partial charge in [-0.2, -0.15) is 13.2 Å². The van der Waals surface area contributed by atoms with Crippen molar-refractivity contribution in [3.8, 4) is 5.75 Å². The first-order chi connectivity index (χ1) is 9.47. The Labute approximate surface area is 129 Å². The summed E-state index contributed by atoms with van der Waals surface area (Å²) in [4.78, 5) is 0. The molecule has 2 N–H and O–H groups in total. The highest BCUT2D eigenvalue weighted by Gasteiger charge is 2.55. The van der Waals surface area contributed by atoms with Gasteiger partial charge in [-0.05, 0) is 29.5 Å². The van der Waals surface area contributed by atoms with Crippen LogP contribution in [-0.4, -0.2) is 35.7 Å². The third-order valence-corrected chi connectivity index (χ3v) is 3.91. The lowest BCUT2D eigenvalue weighted by Crippen LogP contribution is -2.52. The van der Waals surface area contributed by atoms with Crippen molar-refractivity contribution in [2.75, 3.05) is 13.7 Å². The SMILES string of the molecule is COc1cc(Br)ccc1C(C)(C)CC(O)(CO)C(F)(F)F. The Balaban J connectivity index is 3.23. The van der Waals surface area contributed by atoms with Crippen molar-refractivity contribution in [3.63, 3.8) is 0 Å². The molecular formula is C14H18BrF3O3. The largest absolute Gasteiger partial charge is 0.496 e. The third-order valence-electron chi connectivity index (χ3n) is 3.42. The van der Waals surface area contributed by atoms with Crippen molar-refractivity contribution >= 4 is 15.9 Å². The summed E-state index contributed by atoms with van der Waals surface area (Å²) >= 11 is 3.26. The normalized spacial score (nSPS) is 15.7. The molecule has 3 nitrogen and oxygen atoms in total. The molecule has 0 aliphatic carbocycles. The van der Waals surface area contributed by atoms with Crippen LogP contribution in [0, 0.1) is 0 Å². The Bertz CT molecular complexity index is 503. The lowest BCUT2D eigenvalue weighted by atomic mass is 9.74. The summed E-state index contributed by atoms with van der Waals surface area (Å²) < 4.78 is 44.8. The maximum atomic E-state index is 12.9. The number of methoxy groups -OCH3 is 1. The molecular weight excluding hydrogens is 353 g/mol. The average molecular weight is 371 g/mol. The first-order valence-corrected chi connectivity index (χ1v) is 7.00. The minimum Gasteiger partial charge on any atom is -0.496 e. The van der Waals surface area contributed by atoms with E-state index in [4.69, 9.17) is 9.84 Å². The summed E-state index contributed by atoms with van der Waals surface area (Å²) in [7, 11) is 1.42. The van der Waals surface area contributed by atoms with Gasteiger partial charge in [0.1, 0.15) is 5.75 Å². The molecule has 7 heteroatoms. The molecule has 0 radical (unpaired) electrons. The lowest BCUT2D eigenvalue weighted by molar-refractivity contribution is -0.277. The molecule has 120 valence electrons. The number of ether oxygens (including phenoxy) is 1. The van der Waals surface area contributed by atoms with Crippen molar-refractivity contribution in [1.82, 2.24) is 0 Å². The van der Waals surface area contributed by atoms with Crippen LogP contribution in [0.15, 0.2) is 22.7 Å². The molecule has 0 spiro atoms. The second kappa shape index (κ2) is 6.14. The van der Waals surface area contributed by atoms with Gasteiger partial charge >= 0.3 is 6.18 Å². The number of aliphatic hydroxyl groups is 2. The number of benzene rings is 1. The number of halogens is 4. The van der Waals surface area contributed by atoms with Crippen LogP contribution in [0.2, 0.25) is 0 Å². The summed E-state index contributed by atoms with van der Waals surface area (Å²) in [5, 5.41) is 18.7. The fourth-order valence-electron chi connectivity index (χ4n) is 2.30. The van der Waals surface area contributed by atoms with E-state index in [1.165, 1.54) is 7.11 Å². The van der Waals surface area contributed by atoms with Crippen LogP contribution in [0.25, 0.3) is 0 Å². The van der Waals surface area contributed by atoms with Crippen LogP contribution >= 0.6 is 15.9 Å². The van der Waals surface area contributed by atoms with Crippen LogP contribution in [0.4, 0.5) is 13.2 Å². The highest BCUT2D eigenvalue weighted by atomic mass is 79.9. The Kier molecular flexibility index (Phi) is 5.34. The summed E-state index contributed by atoms with van der Waals surface area (Å²) in [5.74, 6) is 0.414. The first-order valence-electron chi connectivity index (χ1n) is 6.21. The van der Waals surface area contributed by atoms with Crippen LogP contribution in [0.3, 0.4) is 0 Å². The standard InChI is InChI=1S/C14H18BrF3O3/c1-12(2,7-13(20,8-19)14(16,17)18)10-5-4-9(15)6-11(10)21-3/h4-6,19-20H,7-8H2,1-3H3. The van der Waals surface area contributed by atoms with E-state index in [9.17, 15) is 18.3 Å². The van der Waals surface area contributed by atoms with Crippen molar-refractivity contribution in [3.05, 3.63) is 28.2 Å². The Hall–Kier alpha value is -0.790. The van der Waals surface area contributed by atoms with Gasteiger partial charge < -0.3 is 14.9 Å². The number of rotatable bonds is 5. The van der Waals surface area contributed by atoms with E-state index in [0.717, 1.165) is 4.47 Å². The molecule has 0 fully saturated rings. The van der Waals surface area contributed by atoms with E-state index in [0.29, 0.717) is 11.3 Å². The Morgan fingerprint density at radius 3 is 2.24 bits per heavy atom. The molecule has 0 saturated carbocycles. The molecule has 1 rings (SSSR count). The molecule has 1 aromatic rings. The molecule has 0 aliphatic rings. The zero-order valence-corrected chi connectivity index (χ0v) is 13.5. The lowest BCUT2D eigenvalue weighted by Gasteiger charge is -2.37. The van der Waals surface area contributed by atoms with Gasteiger partial charge in [-0.3, -0.25) is 0 Å². The summed E-state index contributed by atoms with van der Waals surface area (Å²) in [6.07, 6.45) is -5.60. The number of alkyl halides is 3. The van der Waals surface area contributed by atoms with Crippen molar-refractivity contribution in [2.45, 2.75) is 37.5 Å². The van der Waals surface area contributed by atoms with Gasteiger partial charge in [0.15, 0.2) is 5.60 Å². The second-order valence-corrected chi connectivity index (χ2v) is 6.51. The van der Waals surface area contributed by atoms with Gasteiger partial charge in [-0.15, -0.1) is 0 Å². The monoisotopic (exact) mass is 370 g/mol. The van der Waals surface area contributed by atoms with E-state index in [1.54, 1.807) is 32.0 Å². The number of hydrogen-bond acceptors (Lipinski definition) is 3. The zero-order valence-electron chi connectivity index (χ0n) is 12.0. The Morgan fingerprint density at radius 2 is 1.81 bits per heavy atom. The predicted octanol–water partition coefficient (Wildman–Crippen LogP) is 3.41. The smallest absolute Gasteiger partial charge is 0.419 e. The van der Waals surface area contributed by atoms with E-state index in [-0.39, 0.29) is 0 Å². The third kappa shape index (κ3) is 3.90. The summed E-state index contributed by atoms with van der Waals surface area (Å²) in [6, 6.07) is 4.96. The molecule has 0 aliphatic heterocycles. The van der Waals surface area contributed by atoms with Crippen LogP contribution in [-0.2, 0) is 5.41 Å². The molecule has 1 aromatic carbocycles. The molecule has 0 amide bonds. The highest BCUT2D eigenvalue weighted by molar-refractivity contribution is 9.10. The average Bonchev–Trinajstić information content (AvgIpc) is 2.36. The minimum absolute atomic E-state index is 0.414. The van der Waals surface area contributed by atoms with E-state index in [1.807, 2.05) is 0 Å². The molecule has 1 unspecified atom stereocenters. The van der Waals surface area contributed by atoms with E-state index < -0.39 is 30.2 Å². The fourth-order valence-corrected chi connectivity index (χ4v) is 2.64. The summed E-state index contributed by atoms with van der Waals surface area (Å²) in [6.45, 7) is 1.73. The quantitative estimate of drug-likeness (QED) is 0.834. The molecule has 21 heavy (non-hydrogen) atoms. The van der Waals surface area contributed by atoms with Gasteiger partial charge in [-0.1, -0.05) is 35.8 Å². The molecule has 1 atom stereocenters. The van der Waals surface area contributed by atoms with Crippen LogP contribution in [0.1, 0.15) is 25.8 Å². The fraction of sp³-hybridized carbons (Fsp3) is 0.571. The van der Waals surface area contributed by atoms with E-state index in [2.05, 4.69) is 15.9 Å². The highest BCUT2D eigenvalue weighted by Crippen LogP contribution is 2.43. The molecule has 0 bridgehead atoms. The molecule has 0 heterocycles. The first kappa shape index (κ1) is 18.3. The van der Waals surface area contributed by atoms with Gasteiger partial charge in [0, 0.05) is 4.47 Å². The molecule has 0 saturated heterocycles. The minimum atomic E-state index is -4.92. The number of hydrogen-bond donors (Lipinski definition) is 2. The molecule has 0 aromatic heterocycles. The predicted molar refractivity (Wildman–Crippen MR) is 76.4 cm³/mol. The van der Waals surface area contributed by atoms with Crippen LogP contribution in [0.5, 0.6) is 5.75 Å². The van der Waals surface area contributed by atoms with Gasteiger partial charge in [0.2, 0.25) is 0 Å². The van der Waals surface area contributed by atoms with Gasteiger partial charge in [-0.25, -0.2) is 0 Å². The van der Waals surface area contributed by atoms with Crippen LogP contribution < -0.4 is 4.74 Å². The van der Waals surface area contributed by atoms with Crippen molar-refractivity contribution < 1.29 is 28.1 Å². The number of aliphatic hydroxyl groups excluding tert-OH is 1. The maximum Gasteiger partial charge on any atom is 0.419 e. The maximum absolute atomic E-state index is 12.9. The van der Waals surface area contributed by atoms with Crippen molar-refractivity contribution in [1.29, 1.82) is 0 Å². The van der Waals surface area contributed by atoms with Gasteiger partial charge in [0.25, 0.3) is 0 Å². The second-order valence-electron chi connectivity index (χ2n) is 5.59. The van der Waals surface area contributed by atoms with Gasteiger partial charge in [0.05, 0.1) is 13.7 Å². The van der Waals surface area contributed by atoms with Crippen molar-refractivity contribution in [2.24, 2.45) is 0 Å². The zero-order chi connectivity index (χ0) is 16.5. The Morgan fingerprint density at radius 1 is 1.24 bits per heavy atom. The topological polar surface area (TPSA) is 49.7 Å². The summed E-state index contributed by atoms with van der Waals surface area (Å²) in [5.41, 5.74) is -3.70. The van der Waals surface area contributed by atoms with E-state index >= 15 is 0 Å².